The quantitative estimate of drug-likeness (QED) is 0.624. The van der Waals surface area contributed by atoms with Crippen LogP contribution >= 0.6 is 23.2 Å². The summed E-state index contributed by atoms with van der Waals surface area (Å²) in [6, 6.07) is 4.21. The van der Waals surface area contributed by atoms with Crippen molar-refractivity contribution in [3.05, 3.63) is 47.0 Å². The summed E-state index contributed by atoms with van der Waals surface area (Å²) in [5.41, 5.74) is 1.23. The van der Waals surface area contributed by atoms with Crippen LogP contribution in [0.25, 0.3) is 16.6 Å². The molecule has 1 unspecified atom stereocenters. The predicted molar refractivity (Wildman–Crippen MR) is 111 cm³/mol. The third kappa shape index (κ3) is 3.55. The van der Waals surface area contributed by atoms with Crippen LogP contribution in [0.3, 0.4) is 0 Å². The summed E-state index contributed by atoms with van der Waals surface area (Å²) in [7, 11) is 0. The van der Waals surface area contributed by atoms with Crippen LogP contribution in [0.5, 0.6) is 0 Å². The Hall–Kier alpha value is -2.88. The van der Waals surface area contributed by atoms with E-state index in [1.807, 2.05) is 12.1 Å². The van der Waals surface area contributed by atoms with Crippen LogP contribution in [0.1, 0.15) is 0 Å². The summed E-state index contributed by atoms with van der Waals surface area (Å²) in [5, 5.41) is 20.1. The highest BCUT2D eigenvalue weighted by atomic mass is 35.5. The Morgan fingerprint density at radius 2 is 2.03 bits per heavy atom. The number of hydrogen-bond acceptors (Lipinski definition) is 6. The number of carbonyl (C=O) groups is 2. The fraction of sp³-hybridized carbons (Fsp3) is 0.263. The van der Waals surface area contributed by atoms with Crippen LogP contribution in [0.15, 0.2) is 36.9 Å². The van der Waals surface area contributed by atoms with Gasteiger partial charge in [0.1, 0.15) is 18.5 Å². The standard InChI is InChI=1S/C19H17Cl2N5O4/c20-12-2-1-11-13(25-4-3-22-10-25)7-15(23-18(11)17(12)21)24-5-6-26(16(28)9-27)14(8-24)19(29)30/h1-4,7,10,14,27H,5-6,8-9H2,(H,29,30). The molecular weight excluding hydrogens is 433 g/mol. The topological polar surface area (TPSA) is 112 Å². The van der Waals surface area contributed by atoms with E-state index in [0.717, 1.165) is 11.1 Å². The van der Waals surface area contributed by atoms with Crippen molar-refractivity contribution in [1.82, 2.24) is 19.4 Å². The Morgan fingerprint density at radius 3 is 2.70 bits per heavy atom. The summed E-state index contributed by atoms with van der Waals surface area (Å²) >= 11 is 12.6. The number of fused-ring (bicyclic) bond motifs is 1. The summed E-state index contributed by atoms with van der Waals surface area (Å²) in [5.74, 6) is -1.28. The number of piperazine rings is 1. The normalized spacial score (nSPS) is 16.8. The molecule has 0 radical (unpaired) electrons. The first-order valence-electron chi connectivity index (χ1n) is 9.06. The van der Waals surface area contributed by atoms with Gasteiger partial charge >= 0.3 is 5.97 Å². The number of halogens is 2. The van der Waals surface area contributed by atoms with Gasteiger partial charge in [-0.3, -0.25) is 4.79 Å². The fourth-order valence-electron chi connectivity index (χ4n) is 3.57. The second-order valence-electron chi connectivity index (χ2n) is 6.77. The van der Waals surface area contributed by atoms with Crippen LogP contribution in [0.2, 0.25) is 10.0 Å². The van der Waals surface area contributed by atoms with Gasteiger partial charge in [-0.25, -0.2) is 14.8 Å². The number of carbonyl (C=O) groups excluding carboxylic acids is 1. The van der Waals surface area contributed by atoms with E-state index in [2.05, 4.69) is 9.97 Å². The lowest BCUT2D eigenvalue weighted by Crippen LogP contribution is -2.59. The van der Waals surface area contributed by atoms with Crippen LogP contribution in [0.4, 0.5) is 5.82 Å². The molecule has 156 valence electrons. The highest BCUT2D eigenvalue weighted by molar-refractivity contribution is 6.45. The second-order valence-corrected chi connectivity index (χ2v) is 7.56. The molecule has 0 aliphatic carbocycles. The Kier molecular flexibility index (Phi) is 5.50. The van der Waals surface area contributed by atoms with E-state index < -0.39 is 24.5 Å². The van der Waals surface area contributed by atoms with E-state index in [1.54, 1.807) is 34.3 Å². The van der Waals surface area contributed by atoms with E-state index in [0.29, 0.717) is 27.9 Å². The average molecular weight is 450 g/mol. The Morgan fingerprint density at radius 1 is 1.23 bits per heavy atom. The van der Waals surface area contributed by atoms with Gasteiger partial charge in [-0.1, -0.05) is 23.2 Å². The first kappa shape index (κ1) is 20.4. The molecule has 1 fully saturated rings. The van der Waals surface area contributed by atoms with E-state index in [1.165, 1.54) is 4.90 Å². The molecule has 1 aromatic carbocycles. The molecule has 1 amide bonds. The van der Waals surface area contributed by atoms with Gasteiger partial charge in [0.05, 0.1) is 34.1 Å². The van der Waals surface area contributed by atoms with Crippen molar-refractivity contribution in [1.29, 1.82) is 0 Å². The van der Waals surface area contributed by atoms with E-state index >= 15 is 0 Å². The molecule has 9 nitrogen and oxygen atoms in total. The smallest absolute Gasteiger partial charge is 0.328 e. The van der Waals surface area contributed by atoms with Gasteiger partial charge in [0.25, 0.3) is 0 Å². The number of aliphatic hydroxyl groups is 1. The molecule has 1 atom stereocenters. The number of carboxylic acid groups (broad SMARTS) is 1. The molecule has 11 heteroatoms. The molecule has 1 saturated heterocycles. The van der Waals surface area contributed by atoms with Gasteiger partial charge < -0.3 is 24.6 Å². The maximum absolute atomic E-state index is 11.9. The third-order valence-corrected chi connectivity index (χ3v) is 5.86. The van der Waals surface area contributed by atoms with Crippen LogP contribution in [-0.2, 0) is 9.59 Å². The lowest BCUT2D eigenvalue weighted by atomic mass is 10.1. The number of hydrogen-bond donors (Lipinski definition) is 2. The van der Waals surface area contributed by atoms with Crippen molar-refractivity contribution in [2.75, 3.05) is 31.1 Å². The van der Waals surface area contributed by atoms with Crippen molar-refractivity contribution >= 4 is 51.8 Å². The van der Waals surface area contributed by atoms with Gasteiger partial charge in [0.2, 0.25) is 5.91 Å². The summed E-state index contributed by atoms with van der Waals surface area (Å²) in [6.45, 7) is -0.243. The number of aliphatic hydroxyl groups excluding tert-OH is 1. The third-order valence-electron chi connectivity index (χ3n) is 5.06. The number of amides is 1. The molecular formula is C19H17Cl2N5O4. The van der Waals surface area contributed by atoms with Gasteiger partial charge in [-0.15, -0.1) is 0 Å². The minimum Gasteiger partial charge on any atom is -0.480 e. The number of benzene rings is 1. The number of anilines is 1. The molecule has 2 aromatic heterocycles. The highest BCUT2D eigenvalue weighted by Crippen LogP contribution is 2.35. The highest BCUT2D eigenvalue weighted by Gasteiger charge is 2.35. The fourth-order valence-corrected chi connectivity index (χ4v) is 3.93. The molecule has 3 heterocycles. The van der Waals surface area contributed by atoms with Gasteiger partial charge in [-0.2, -0.15) is 0 Å². The van der Waals surface area contributed by atoms with Crippen LogP contribution in [0, 0.1) is 0 Å². The van der Waals surface area contributed by atoms with E-state index in [4.69, 9.17) is 28.3 Å². The average Bonchev–Trinajstić information content (AvgIpc) is 3.29. The molecule has 0 bridgehead atoms. The lowest BCUT2D eigenvalue weighted by Gasteiger charge is -2.39. The lowest BCUT2D eigenvalue weighted by molar-refractivity contribution is -0.151. The minimum absolute atomic E-state index is 0.0150. The number of aliphatic carboxylic acids is 1. The zero-order valence-electron chi connectivity index (χ0n) is 15.6. The van der Waals surface area contributed by atoms with Crippen molar-refractivity contribution in [3.63, 3.8) is 0 Å². The zero-order chi connectivity index (χ0) is 21.4. The number of pyridine rings is 1. The van der Waals surface area contributed by atoms with Crippen molar-refractivity contribution in [3.8, 4) is 5.69 Å². The molecule has 0 saturated carbocycles. The number of aromatic nitrogens is 3. The SMILES string of the molecule is O=C(O)C1CN(c2cc(-n3ccnc3)c3ccc(Cl)c(Cl)c3n2)CCN1C(=O)CO. The minimum atomic E-state index is -1.15. The molecule has 4 rings (SSSR count). The first-order chi connectivity index (χ1) is 14.4. The molecule has 1 aliphatic rings. The predicted octanol–water partition coefficient (Wildman–Crippen LogP) is 1.82. The number of imidazole rings is 1. The second kappa shape index (κ2) is 8.10. The Labute approximate surface area is 181 Å². The molecule has 30 heavy (non-hydrogen) atoms. The molecule has 3 aromatic rings. The zero-order valence-corrected chi connectivity index (χ0v) is 17.1. The van der Waals surface area contributed by atoms with Crippen molar-refractivity contribution in [2.45, 2.75) is 6.04 Å². The Balaban J connectivity index is 1.80. The Bertz CT molecular complexity index is 1120. The van der Waals surface area contributed by atoms with E-state index in [-0.39, 0.29) is 13.1 Å². The largest absolute Gasteiger partial charge is 0.480 e. The molecule has 1 aliphatic heterocycles. The molecule has 0 spiro atoms. The van der Waals surface area contributed by atoms with Gasteiger partial charge in [0, 0.05) is 36.9 Å². The van der Waals surface area contributed by atoms with Crippen molar-refractivity contribution in [2.24, 2.45) is 0 Å². The van der Waals surface area contributed by atoms with E-state index in [9.17, 15) is 14.7 Å². The van der Waals surface area contributed by atoms with Gasteiger partial charge in [-0.05, 0) is 12.1 Å². The summed E-state index contributed by atoms with van der Waals surface area (Å²) < 4.78 is 1.80. The van der Waals surface area contributed by atoms with Crippen molar-refractivity contribution < 1.29 is 19.8 Å². The number of rotatable bonds is 4. The maximum Gasteiger partial charge on any atom is 0.328 e. The van der Waals surface area contributed by atoms with Crippen LogP contribution < -0.4 is 4.90 Å². The van der Waals surface area contributed by atoms with Gasteiger partial charge in [0.15, 0.2) is 0 Å². The summed E-state index contributed by atoms with van der Waals surface area (Å²) in [6.07, 6.45) is 5.06. The number of nitrogens with zero attached hydrogens (tertiary/aromatic N) is 5. The summed E-state index contributed by atoms with van der Waals surface area (Å²) in [4.78, 5) is 35.4. The van der Waals surface area contributed by atoms with Crippen LogP contribution in [-0.4, -0.2) is 73.8 Å². The molecule has 2 N–H and O–H groups in total. The monoisotopic (exact) mass is 449 g/mol. The first-order valence-corrected chi connectivity index (χ1v) is 9.81. The number of carboxylic acids is 1. The maximum atomic E-state index is 11.9.